The van der Waals surface area contributed by atoms with E-state index in [1.807, 2.05) is 43.3 Å². The average molecular weight is 380 g/mol. The fourth-order valence-corrected chi connectivity index (χ4v) is 3.20. The third-order valence-corrected chi connectivity index (χ3v) is 4.68. The van der Waals surface area contributed by atoms with Crippen LogP contribution >= 0.6 is 11.6 Å². The molecule has 0 saturated heterocycles. The lowest BCUT2D eigenvalue weighted by molar-refractivity contribution is 0.0925. The van der Waals surface area contributed by atoms with Crippen molar-refractivity contribution in [3.63, 3.8) is 0 Å². The first-order valence-electron chi connectivity index (χ1n) is 8.67. The average Bonchev–Trinajstić information content (AvgIpc) is 3.27. The molecular weight excluding hydrogens is 362 g/mol. The zero-order valence-electron chi connectivity index (χ0n) is 14.8. The molecule has 1 N–H and O–H groups in total. The molecule has 0 aliphatic rings. The van der Waals surface area contributed by atoms with Crippen molar-refractivity contribution in [2.24, 2.45) is 0 Å². The predicted octanol–water partition coefficient (Wildman–Crippen LogP) is 4.69. The molecule has 136 valence electrons. The van der Waals surface area contributed by atoms with Gasteiger partial charge in [-0.25, -0.2) is 4.98 Å². The monoisotopic (exact) mass is 379 g/mol. The van der Waals surface area contributed by atoms with E-state index in [-0.39, 0.29) is 11.7 Å². The number of aromatic nitrogens is 2. The molecule has 5 nitrogen and oxygen atoms in total. The molecule has 0 atom stereocenters. The van der Waals surface area contributed by atoms with E-state index >= 15 is 0 Å². The van der Waals surface area contributed by atoms with Crippen LogP contribution in [0.1, 0.15) is 16.4 Å². The molecule has 0 saturated carbocycles. The van der Waals surface area contributed by atoms with Gasteiger partial charge in [-0.3, -0.25) is 4.79 Å². The molecule has 0 bridgehead atoms. The van der Waals surface area contributed by atoms with Gasteiger partial charge >= 0.3 is 0 Å². The molecule has 2 aromatic carbocycles. The Labute approximate surface area is 161 Å². The van der Waals surface area contributed by atoms with E-state index in [4.69, 9.17) is 16.0 Å². The van der Waals surface area contributed by atoms with Gasteiger partial charge in [0.2, 0.25) is 0 Å². The zero-order valence-corrected chi connectivity index (χ0v) is 15.5. The van der Waals surface area contributed by atoms with Crippen molar-refractivity contribution in [3.05, 3.63) is 77.3 Å². The first-order valence-corrected chi connectivity index (χ1v) is 9.05. The lowest BCUT2D eigenvalue weighted by Gasteiger charge is -2.07. The molecule has 0 radical (unpaired) electrons. The molecule has 4 aromatic rings. The molecule has 0 fully saturated rings. The molecule has 1 amide bonds. The van der Waals surface area contributed by atoms with Crippen molar-refractivity contribution in [3.8, 4) is 11.3 Å². The van der Waals surface area contributed by atoms with Crippen LogP contribution in [-0.2, 0) is 6.54 Å². The van der Waals surface area contributed by atoms with Crippen molar-refractivity contribution in [1.82, 2.24) is 14.9 Å². The number of furan rings is 1. The number of nitrogens with zero attached hydrogens (tertiary/aromatic N) is 2. The van der Waals surface area contributed by atoms with Crippen LogP contribution in [0.4, 0.5) is 0 Å². The van der Waals surface area contributed by atoms with Gasteiger partial charge in [0.05, 0.1) is 11.0 Å². The highest BCUT2D eigenvalue weighted by molar-refractivity contribution is 6.30. The third kappa shape index (κ3) is 3.59. The first kappa shape index (κ1) is 17.4. The molecule has 0 aliphatic carbocycles. The summed E-state index contributed by atoms with van der Waals surface area (Å²) in [6.45, 7) is 3.09. The summed E-state index contributed by atoms with van der Waals surface area (Å²) in [5.41, 5.74) is 2.89. The number of para-hydroxylation sites is 2. The molecule has 0 aliphatic heterocycles. The maximum absolute atomic E-state index is 12.4. The summed E-state index contributed by atoms with van der Waals surface area (Å²) in [5, 5.41) is 3.56. The Morgan fingerprint density at radius 1 is 1.11 bits per heavy atom. The predicted molar refractivity (Wildman–Crippen MR) is 106 cm³/mol. The lowest BCUT2D eigenvalue weighted by atomic mass is 10.2. The number of fused-ring (bicyclic) bond motifs is 1. The SMILES string of the molecule is Cc1nc2ccccc2n1CCNC(=O)c1ccc(-c2ccc(Cl)cc2)o1. The van der Waals surface area contributed by atoms with Crippen molar-refractivity contribution in [2.75, 3.05) is 6.54 Å². The van der Waals surface area contributed by atoms with Crippen LogP contribution in [0.5, 0.6) is 0 Å². The lowest BCUT2D eigenvalue weighted by Crippen LogP contribution is -2.27. The van der Waals surface area contributed by atoms with Gasteiger partial charge in [-0.2, -0.15) is 0 Å². The minimum absolute atomic E-state index is 0.239. The second kappa shape index (κ2) is 7.29. The summed E-state index contributed by atoms with van der Waals surface area (Å²) in [6, 6.07) is 18.7. The largest absolute Gasteiger partial charge is 0.451 e. The van der Waals surface area contributed by atoms with Crippen LogP contribution < -0.4 is 5.32 Å². The van der Waals surface area contributed by atoms with Gasteiger partial charge in [0, 0.05) is 23.7 Å². The van der Waals surface area contributed by atoms with Gasteiger partial charge in [-0.05, 0) is 55.5 Å². The third-order valence-electron chi connectivity index (χ3n) is 4.42. The molecule has 0 unspecified atom stereocenters. The summed E-state index contributed by atoms with van der Waals surface area (Å²) in [5.74, 6) is 1.60. The first-order chi connectivity index (χ1) is 13.1. The minimum atomic E-state index is -0.239. The van der Waals surface area contributed by atoms with Gasteiger partial charge < -0.3 is 14.3 Å². The molecule has 0 spiro atoms. The second-order valence-corrected chi connectivity index (χ2v) is 6.66. The van der Waals surface area contributed by atoms with Gasteiger partial charge in [0.25, 0.3) is 5.91 Å². The highest BCUT2D eigenvalue weighted by Gasteiger charge is 2.13. The maximum atomic E-state index is 12.4. The normalized spacial score (nSPS) is 11.0. The fourth-order valence-electron chi connectivity index (χ4n) is 3.08. The number of benzene rings is 2. The number of hydrogen-bond donors (Lipinski definition) is 1. The number of halogens is 1. The van der Waals surface area contributed by atoms with Gasteiger partial charge in [0.15, 0.2) is 5.76 Å². The molecule has 6 heteroatoms. The fraction of sp³-hybridized carbons (Fsp3) is 0.143. The van der Waals surface area contributed by atoms with E-state index in [0.29, 0.717) is 23.9 Å². The number of aryl methyl sites for hydroxylation is 1. The van der Waals surface area contributed by atoms with E-state index in [1.54, 1.807) is 24.3 Å². The molecule has 4 rings (SSSR count). The standard InChI is InChI=1S/C21H18ClN3O2/c1-14-24-17-4-2-3-5-18(17)25(14)13-12-23-21(26)20-11-10-19(27-20)15-6-8-16(22)9-7-15/h2-11H,12-13H2,1H3,(H,23,26). The van der Waals surface area contributed by atoms with E-state index < -0.39 is 0 Å². The Hall–Kier alpha value is -3.05. The highest BCUT2D eigenvalue weighted by atomic mass is 35.5. The number of carbonyl (C=O) groups is 1. The van der Waals surface area contributed by atoms with Crippen LogP contribution in [0.2, 0.25) is 5.02 Å². The number of rotatable bonds is 5. The Bertz CT molecular complexity index is 1100. The topological polar surface area (TPSA) is 60.1 Å². The summed E-state index contributed by atoms with van der Waals surface area (Å²) >= 11 is 5.90. The molecule has 2 heterocycles. The zero-order chi connectivity index (χ0) is 18.8. The Balaban J connectivity index is 1.41. The second-order valence-electron chi connectivity index (χ2n) is 6.23. The Morgan fingerprint density at radius 3 is 2.70 bits per heavy atom. The summed E-state index contributed by atoms with van der Waals surface area (Å²) in [4.78, 5) is 16.9. The highest BCUT2D eigenvalue weighted by Crippen LogP contribution is 2.23. The maximum Gasteiger partial charge on any atom is 0.287 e. The van der Waals surface area contributed by atoms with Crippen molar-refractivity contribution in [1.29, 1.82) is 0 Å². The van der Waals surface area contributed by atoms with Crippen LogP contribution in [0, 0.1) is 6.92 Å². The number of amides is 1. The summed E-state index contributed by atoms with van der Waals surface area (Å²) in [6.07, 6.45) is 0. The van der Waals surface area contributed by atoms with E-state index in [9.17, 15) is 4.79 Å². The van der Waals surface area contributed by atoms with Crippen LogP contribution in [0.3, 0.4) is 0 Å². The van der Waals surface area contributed by atoms with Crippen molar-refractivity contribution in [2.45, 2.75) is 13.5 Å². The molecule has 27 heavy (non-hydrogen) atoms. The smallest absolute Gasteiger partial charge is 0.287 e. The van der Waals surface area contributed by atoms with E-state index in [2.05, 4.69) is 14.9 Å². The summed E-state index contributed by atoms with van der Waals surface area (Å²) in [7, 11) is 0. The van der Waals surface area contributed by atoms with E-state index in [0.717, 1.165) is 22.4 Å². The molecule has 2 aromatic heterocycles. The van der Waals surface area contributed by atoms with Crippen LogP contribution in [-0.4, -0.2) is 22.0 Å². The quantitative estimate of drug-likeness (QED) is 0.547. The van der Waals surface area contributed by atoms with E-state index in [1.165, 1.54) is 0 Å². The van der Waals surface area contributed by atoms with Crippen molar-refractivity contribution >= 4 is 28.5 Å². The van der Waals surface area contributed by atoms with Crippen LogP contribution in [0.25, 0.3) is 22.4 Å². The molecular formula is C21H18ClN3O2. The van der Waals surface area contributed by atoms with Gasteiger partial charge in [0.1, 0.15) is 11.6 Å². The number of hydrogen-bond acceptors (Lipinski definition) is 3. The number of nitrogens with one attached hydrogen (secondary N) is 1. The van der Waals surface area contributed by atoms with Gasteiger partial charge in [-0.1, -0.05) is 23.7 Å². The minimum Gasteiger partial charge on any atom is -0.451 e. The van der Waals surface area contributed by atoms with Crippen LogP contribution in [0.15, 0.2) is 65.1 Å². The van der Waals surface area contributed by atoms with Crippen molar-refractivity contribution < 1.29 is 9.21 Å². The Kier molecular flexibility index (Phi) is 4.69. The Morgan fingerprint density at radius 2 is 1.89 bits per heavy atom. The number of imidazole rings is 1. The summed E-state index contributed by atoms with van der Waals surface area (Å²) < 4.78 is 7.77. The number of carbonyl (C=O) groups excluding carboxylic acids is 1. The van der Waals surface area contributed by atoms with Gasteiger partial charge in [-0.15, -0.1) is 0 Å².